The lowest BCUT2D eigenvalue weighted by molar-refractivity contribution is 0.789. The van der Waals surface area contributed by atoms with E-state index in [2.05, 4.69) is 20.2 Å². The molecule has 6 nitrogen and oxygen atoms in total. The highest BCUT2D eigenvalue weighted by Gasteiger charge is 1.95. The van der Waals surface area contributed by atoms with Crippen LogP contribution in [0.15, 0.2) is 11.4 Å². The second-order valence-corrected chi connectivity index (χ2v) is 1.75. The highest BCUT2D eigenvalue weighted by Crippen LogP contribution is 1.92. The topological polar surface area (TPSA) is 79.5 Å². The van der Waals surface area contributed by atoms with Crippen LogP contribution in [0.4, 0.5) is 0 Å². The van der Waals surface area contributed by atoms with Crippen LogP contribution >= 0.6 is 0 Å². The van der Waals surface area contributed by atoms with E-state index in [9.17, 15) is 0 Å². The molecule has 10 heavy (non-hydrogen) atoms. The first-order valence-corrected chi connectivity index (χ1v) is 2.68. The van der Waals surface area contributed by atoms with Crippen LogP contribution in [-0.2, 0) is 13.6 Å². The molecule has 0 aliphatic heterocycles. The molecule has 1 rings (SSSR count). The molecule has 0 bridgehead atoms. The summed E-state index contributed by atoms with van der Waals surface area (Å²) in [7, 11) is 1.79. The summed E-state index contributed by atoms with van der Waals surface area (Å²) in [6.45, 7) is 0.257. The van der Waals surface area contributed by atoms with Gasteiger partial charge < -0.3 is 4.57 Å². The van der Waals surface area contributed by atoms with Gasteiger partial charge in [0.2, 0.25) is 0 Å². The van der Waals surface area contributed by atoms with E-state index in [-0.39, 0.29) is 6.54 Å². The second-order valence-electron chi connectivity index (χ2n) is 1.75. The van der Waals surface area contributed by atoms with E-state index in [0.717, 1.165) is 0 Å². The van der Waals surface area contributed by atoms with Crippen molar-refractivity contribution in [3.63, 3.8) is 0 Å². The second kappa shape index (κ2) is 2.84. The van der Waals surface area contributed by atoms with Crippen LogP contribution < -0.4 is 0 Å². The van der Waals surface area contributed by atoms with Crippen molar-refractivity contribution in [2.24, 2.45) is 12.2 Å². The maximum absolute atomic E-state index is 7.96. The lowest BCUT2D eigenvalue weighted by Crippen LogP contribution is -1.93. The Morgan fingerprint density at radius 1 is 1.90 bits per heavy atom. The third-order valence-corrected chi connectivity index (χ3v) is 1.08. The Morgan fingerprint density at radius 3 is 3.20 bits per heavy atom. The lowest BCUT2D eigenvalue weighted by atomic mass is 10.6. The minimum Gasteiger partial charge on any atom is -0.321 e. The summed E-state index contributed by atoms with van der Waals surface area (Å²) in [4.78, 5) is 2.60. The molecule has 0 amide bonds. The van der Waals surface area contributed by atoms with Crippen molar-refractivity contribution in [3.05, 3.63) is 22.6 Å². The van der Waals surface area contributed by atoms with E-state index >= 15 is 0 Å². The molecule has 0 aliphatic rings. The zero-order chi connectivity index (χ0) is 7.40. The van der Waals surface area contributed by atoms with Gasteiger partial charge in [0, 0.05) is 12.0 Å². The number of hydrogen-bond acceptors (Lipinski definition) is 3. The van der Waals surface area contributed by atoms with Gasteiger partial charge in [-0.1, -0.05) is 5.11 Å². The van der Waals surface area contributed by atoms with Crippen molar-refractivity contribution in [3.8, 4) is 0 Å². The molecular formula is C4H6N6. The maximum Gasteiger partial charge on any atom is 0.138 e. The number of aromatic nitrogens is 3. The van der Waals surface area contributed by atoms with Gasteiger partial charge in [0.15, 0.2) is 0 Å². The largest absolute Gasteiger partial charge is 0.321 e. The van der Waals surface area contributed by atoms with E-state index in [0.29, 0.717) is 5.82 Å². The molecule has 6 heteroatoms. The first kappa shape index (κ1) is 6.57. The number of nitrogens with zero attached hydrogens (tertiary/aromatic N) is 6. The number of azide groups is 1. The van der Waals surface area contributed by atoms with Crippen LogP contribution in [-0.4, -0.2) is 14.8 Å². The Balaban J connectivity index is 2.74. The molecule has 1 aromatic heterocycles. The zero-order valence-electron chi connectivity index (χ0n) is 5.47. The van der Waals surface area contributed by atoms with Gasteiger partial charge in [-0.3, -0.25) is 0 Å². The molecule has 1 aromatic rings. The average Bonchev–Trinajstić information content (AvgIpc) is 2.31. The van der Waals surface area contributed by atoms with Crippen LogP contribution in [0.1, 0.15) is 5.82 Å². The molecular weight excluding hydrogens is 132 g/mol. The minimum absolute atomic E-state index is 0.257. The van der Waals surface area contributed by atoms with Gasteiger partial charge in [-0.25, -0.2) is 0 Å². The molecule has 1 heterocycles. The summed E-state index contributed by atoms with van der Waals surface area (Å²) in [6, 6.07) is 0. The van der Waals surface area contributed by atoms with Gasteiger partial charge in [-0.2, -0.15) is 0 Å². The molecule has 0 radical (unpaired) electrons. The minimum atomic E-state index is 0.257. The van der Waals surface area contributed by atoms with Gasteiger partial charge in [0.1, 0.15) is 12.2 Å². The zero-order valence-corrected chi connectivity index (χ0v) is 5.47. The Hall–Kier alpha value is -1.55. The number of aryl methyl sites for hydroxylation is 1. The molecule has 0 saturated heterocycles. The smallest absolute Gasteiger partial charge is 0.138 e. The summed E-state index contributed by atoms with van der Waals surface area (Å²) in [5.41, 5.74) is 7.96. The monoisotopic (exact) mass is 138 g/mol. The van der Waals surface area contributed by atoms with Crippen molar-refractivity contribution >= 4 is 0 Å². The van der Waals surface area contributed by atoms with E-state index in [1.807, 2.05) is 0 Å². The Kier molecular flexibility index (Phi) is 1.86. The summed E-state index contributed by atoms with van der Waals surface area (Å²) in [5, 5.41) is 10.6. The normalized spacial score (nSPS) is 8.90. The van der Waals surface area contributed by atoms with Crippen LogP contribution in [0.3, 0.4) is 0 Å². The number of rotatable bonds is 2. The van der Waals surface area contributed by atoms with Gasteiger partial charge in [0.25, 0.3) is 0 Å². The molecule has 0 N–H and O–H groups in total. The third-order valence-electron chi connectivity index (χ3n) is 1.08. The first-order chi connectivity index (χ1) is 4.84. The molecule has 0 saturated carbocycles. The van der Waals surface area contributed by atoms with Crippen LogP contribution in [0.2, 0.25) is 0 Å². The maximum atomic E-state index is 7.96. The van der Waals surface area contributed by atoms with Gasteiger partial charge in [0.05, 0.1) is 6.54 Å². The molecule has 52 valence electrons. The summed E-state index contributed by atoms with van der Waals surface area (Å²) in [6.07, 6.45) is 1.56. The van der Waals surface area contributed by atoms with Crippen molar-refractivity contribution in [2.75, 3.05) is 0 Å². The fraction of sp³-hybridized carbons (Fsp3) is 0.500. The molecule has 0 atom stereocenters. The quantitative estimate of drug-likeness (QED) is 0.341. The third kappa shape index (κ3) is 1.24. The molecule has 0 spiro atoms. The molecule has 0 aliphatic carbocycles. The summed E-state index contributed by atoms with van der Waals surface area (Å²) in [5.74, 6) is 0.665. The van der Waals surface area contributed by atoms with Crippen molar-refractivity contribution < 1.29 is 0 Å². The fourth-order valence-electron chi connectivity index (χ4n) is 0.545. The fourth-order valence-corrected chi connectivity index (χ4v) is 0.545. The van der Waals surface area contributed by atoms with Crippen molar-refractivity contribution in [1.82, 2.24) is 14.8 Å². The number of hydrogen-bond donors (Lipinski definition) is 0. The van der Waals surface area contributed by atoms with Crippen LogP contribution in [0.5, 0.6) is 0 Å². The Labute approximate surface area is 57.1 Å². The highest BCUT2D eigenvalue weighted by molar-refractivity contribution is 4.82. The predicted octanol–water partition coefficient (Wildman–Crippen LogP) is 0.625. The first-order valence-electron chi connectivity index (χ1n) is 2.68. The predicted molar refractivity (Wildman–Crippen MR) is 33.9 cm³/mol. The highest BCUT2D eigenvalue weighted by atomic mass is 15.3. The SMILES string of the molecule is Cn1cnnc1CN=[N+]=[N-]. The van der Waals surface area contributed by atoms with Gasteiger partial charge in [-0.05, 0) is 5.53 Å². The van der Waals surface area contributed by atoms with E-state index in [1.54, 1.807) is 17.9 Å². The van der Waals surface area contributed by atoms with Gasteiger partial charge in [-0.15, -0.1) is 10.2 Å². The lowest BCUT2D eigenvalue weighted by Gasteiger charge is -1.90. The van der Waals surface area contributed by atoms with Gasteiger partial charge >= 0.3 is 0 Å². The van der Waals surface area contributed by atoms with Crippen molar-refractivity contribution in [2.45, 2.75) is 6.54 Å². The average molecular weight is 138 g/mol. The molecule has 0 aromatic carbocycles. The van der Waals surface area contributed by atoms with Crippen molar-refractivity contribution in [1.29, 1.82) is 0 Å². The van der Waals surface area contributed by atoms with E-state index in [4.69, 9.17) is 5.53 Å². The summed E-state index contributed by atoms with van der Waals surface area (Å²) < 4.78 is 1.70. The standard InChI is InChI=1S/C4H6N6/c1-10-3-7-8-4(10)2-6-9-5/h3H,2H2,1H3. The summed E-state index contributed by atoms with van der Waals surface area (Å²) >= 11 is 0. The molecule has 0 fully saturated rings. The Morgan fingerprint density at radius 2 is 2.70 bits per heavy atom. The molecule has 0 unspecified atom stereocenters. The van der Waals surface area contributed by atoms with E-state index < -0.39 is 0 Å². The van der Waals surface area contributed by atoms with Crippen LogP contribution in [0.25, 0.3) is 10.4 Å². The van der Waals surface area contributed by atoms with E-state index in [1.165, 1.54) is 0 Å². The van der Waals surface area contributed by atoms with Crippen LogP contribution in [0, 0.1) is 0 Å². The Bertz CT molecular complexity index is 256.